The van der Waals surface area contributed by atoms with Gasteiger partial charge in [-0.3, -0.25) is 4.79 Å². The summed E-state index contributed by atoms with van der Waals surface area (Å²) in [6, 6.07) is 16.2. The smallest absolute Gasteiger partial charge is 0.267 e. The Morgan fingerprint density at radius 1 is 1.17 bits per heavy atom. The number of hydrogen-bond donors (Lipinski definition) is 1. The van der Waals surface area contributed by atoms with Crippen LogP contribution in [0.25, 0.3) is 22.6 Å². The number of hydrogen-bond acceptors (Lipinski definition) is 4. The first-order valence-electron chi connectivity index (χ1n) is 7.02. The van der Waals surface area contributed by atoms with Gasteiger partial charge in [-0.15, -0.1) is 11.3 Å². The fourth-order valence-electron chi connectivity index (χ4n) is 2.21. The normalized spacial score (nSPS) is 10.8. The molecule has 0 aliphatic carbocycles. The number of H-pyrrole nitrogens is 1. The quantitative estimate of drug-likeness (QED) is 0.797. The van der Waals surface area contributed by atoms with Gasteiger partial charge >= 0.3 is 0 Å². The van der Waals surface area contributed by atoms with Gasteiger partial charge in [-0.05, 0) is 42.3 Å². The first-order valence-corrected chi connectivity index (χ1v) is 7.83. The lowest BCUT2D eigenvalue weighted by Crippen LogP contribution is -2.15. The van der Waals surface area contributed by atoms with E-state index in [1.165, 1.54) is 10.4 Å². The highest BCUT2D eigenvalue weighted by molar-refractivity contribution is 7.16. The van der Waals surface area contributed by atoms with Gasteiger partial charge in [0.2, 0.25) is 0 Å². The van der Waals surface area contributed by atoms with E-state index in [2.05, 4.69) is 28.4 Å². The molecule has 0 saturated heterocycles. The van der Waals surface area contributed by atoms with Crippen molar-refractivity contribution in [1.29, 1.82) is 5.26 Å². The van der Waals surface area contributed by atoms with E-state index in [-0.39, 0.29) is 5.56 Å². The van der Waals surface area contributed by atoms with Crippen LogP contribution in [0.15, 0.2) is 47.3 Å². The highest BCUT2D eigenvalue weighted by atomic mass is 32.1. The van der Waals surface area contributed by atoms with Crippen molar-refractivity contribution in [2.75, 3.05) is 0 Å². The first-order chi connectivity index (χ1) is 11.2. The molecule has 3 rings (SSSR count). The third-order valence-corrected chi connectivity index (χ3v) is 4.57. The molecule has 1 N–H and O–H groups in total. The van der Waals surface area contributed by atoms with E-state index in [1.807, 2.05) is 42.5 Å². The van der Waals surface area contributed by atoms with Crippen LogP contribution >= 0.6 is 11.3 Å². The molecule has 2 heterocycles. The number of benzene rings is 1. The fraction of sp³-hybridized carbons (Fsp3) is 0.0556. The van der Waals surface area contributed by atoms with Gasteiger partial charge in [0.15, 0.2) is 0 Å². The zero-order chi connectivity index (χ0) is 16.2. The number of nitrogens with one attached hydrogen (secondary N) is 1. The minimum Gasteiger partial charge on any atom is -0.267 e. The molecule has 1 aromatic carbocycles. The summed E-state index contributed by atoms with van der Waals surface area (Å²) in [6.45, 7) is 1.73. The van der Waals surface area contributed by atoms with Crippen LogP contribution in [0.1, 0.15) is 21.7 Å². The SMILES string of the molecule is Cc1c(/C=C/c2ccc(-c3ccccc3)s2)n[nH]c(=O)c1C#N. The van der Waals surface area contributed by atoms with Crippen molar-refractivity contribution in [3.05, 3.63) is 74.5 Å². The Kier molecular flexibility index (Phi) is 4.18. The van der Waals surface area contributed by atoms with Crippen LogP contribution in [0.4, 0.5) is 0 Å². The number of aromatic amines is 1. The molecule has 0 fully saturated rings. The minimum atomic E-state index is -0.454. The topological polar surface area (TPSA) is 69.5 Å². The van der Waals surface area contributed by atoms with Crippen LogP contribution in [-0.4, -0.2) is 10.2 Å². The Bertz CT molecular complexity index is 962. The summed E-state index contributed by atoms with van der Waals surface area (Å²) in [7, 11) is 0. The molecule has 23 heavy (non-hydrogen) atoms. The molecule has 0 atom stereocenters. The molecular formula is C18H13N3OS. The maximum absolute atomic E-state index is 11.5. The minimum absolute atomic E-state index is 0.107. The zero-order valence-electron chi connectivity index (χ0n) is 12.4. The second-order valence-corrected chi connectivity index (χ2v) is 6.07. The third kappa shape index (κ3) is 3.12. The summed E-state index contributed by atoms with van der Waals surface area (Å²) in [6.07, 6.45) is 3.75. The van der Waals surface area contributed by atoms with E-state index >= 15 is 0 Å². The van der Waals surface area contributed by atoms with E-state index < -0.39 is 5.56 Å². The lowest BCUT2D eigenvalue weighted by molar-refractivity contribution is 0.953. The van der Waals surface area contributed by atoms with Gasteiger partial charge in [0.25, 0.3) is 5.56 Å². The number of nitrogens with zero attached hydrogens (tertiary/aromatic N) is 2. The molecule has 3 aromatic rings. The van der Waals surface area contributed by atoms with E-state index in [0.717, 1.165) is 4.88 Å². The Hall–Kier alpha value is -2.97. The molecule has 4 nitrogen and oxygen atoms in total. The van der Waals surface area contributed by atoms with Crippen molar-refractivity contribution in [3.8, 4) is 16.5 Å². The van der Waals surface area contributed by atoms with Gasteiger partial charge in [0.1, 0.15) is 11.6 Å². The second-order valence-electron chi connectivity index (χ2n) is 4.95. The van der Waals surface area contributed by atoms with Gasteiger partial charge in [-0.25, -0.2) is 5.10 Å². The van der Waals surface area contributed by atoms with Gasteiger partial charge in [-0.2, -0.15) is 10.4 Å². The van der Waals surface area contributed by atoms with E-state index in [1.54, 1.807) is 18.3 Å². The molecule has 0 spiro atoms. The number of thiophene rings is 1. The van der Waals surface area contributed by atoms with Gasteiger partial charge < -0.3 is 0 Å². The predicted octanol–water partition coefficient (Wildman–Crippen LogP) is 3.85. The second kappa shape index (κ2) is 6.42. The Balaban J connectivity index is 1.89. The molecule has 0 aliphatic heterocycles. The van der Waals surface area contributed by atoms with Crippen LogP contribution in [0.3, 0.4) is 0 Å². The highest BCUT2D eigenvalue weighted by Gasteiger charge is 2.07. The van der Waals surface area contributed by atoms with E-state index in [9.17, 15) is 4.79 Å². The van der Waals surface area contributed by atoms with Crippen molar-refractivity contribution in [2.24, 2.45) is 0 Å². The summed E-state index contributed by atoms with van der Waals surface area (Å²) in [4.78, 5) is 13.8. The molecule has 0 aliphatic rings. The summed E-state index contributed by atoms with van der Waals surface area (Å²) in [5.74, 6) is 0. The lowest BCUT2D eigenvalue weighted by Gasteiger charge is -1.99. The number of rotatable bonds is 3. The van der Waals surface area contributed by atoms with Crippen molar-refractivity contribution in [2.45, 2.75) is 6.92 Å². The third-order valence-electron chi connectivity index (χ3n) is 3.47. The van der Waals surface area contributed by atoms with Crippen LogP contribution in [0.5, 0.6) is 0 Å². The summed E-state index contributed by atoms with van der Waals surface area (Å²) >= 11 is 1.67. The van der Waals surface area contributed by atoms with E-state index in [4.69, 9.17) is 5.26 Å². The van der Waals surface area contributed by atoms with Crippen LogP contribution in [0, 0.1) is 18.3 Å². The van der Waals surface area contributed by atoms with Gasteiger partial charge in [-0.1, -0.05) is 30.3 Å². The standard InChI is InChI=1S/C18H13N3OS/c1-12-15(11-19)18(22)21-20-16(12)9-7-14-8-10-17(23-14)13-5-3-2-4-6-13/h2-10H,1H3,(H,21,22)/b9-7+. The highest BCUT2D eigenvalue weighted by Crippen LogP contribution is 2.29. The van der Waals surface area contributed by atoms with Crippen molar-refractivity contribution in [1.82, 2.24) is 10.2 Å². The van der Waals surface area contributed by atoms with Crippen molar-refractivity contribution >= 4 is 23.5 Å². The summed E-state index contributed by atoms with van der Waals surface area (Å²) < 4.78 is 0. The zero-order valence-corrected chi connectivity index (χ0v) is 13.2. The molecular weight excluding hydrogens is 306 g/mol. The van der Waals surface area contributed by atoms with Crippen LogP contribution in [0.2, 0.25) is 0 Å². The Morgan fingerprint density at radius 3 is 2.70 bits per heavy atom. The average Bonchev–Trinajstić information content (AvgIpc) is 3.04. The van der Waals surface area contributed by atoms with Gasteiger partial charge in [0.05, 0.1) is 5.69 Å². The molecule has 5 heteroatoms. The number of nitriles is 1. The Labute approximate surface area is 137 Å². The van der Waals surface area contributed by atoms with E-state index in [0.29, 0.717) is 11.3 Å². The number of aromatic nitrogens is 2. The van der Waals surface area contributed by atoms with Gasteiger partial charge in [0, 0.05) is 9.75 Å². The summed E-state index contributed by atoms with van der Waals surface area (Å²) in [5.41, 5.74) is 2.02. The molecule has 0 saturated carbocycles. The average molecular weight is 319 g/mol. The molecule has 0 radical (unpaired) electrons. The van der Waals surface area contributed by atoms with Crippen LogP contribution < -0.4 is 5.56 Å². The first kappa shape index (κ1) is 14.9. The summed E-state index contributed by atoms with van der Waals surface area (Å²) in [5, 5.41) is 15.4. The van der Waals surface area contributed by atoms with Crippen molar-refractivity contribution in [3.63, 3.8) is 0 Å². The largest absolute Gasteiger partial charge is 0.282 e. The molecule has 0 amide bonds. The lowest BCUT2D eigenvalue weighted by atomic mass is 10.1. The molecule has 0 unspecified atom stereocenters. The fourth-order valence-corrected chi connectivity index (χ4v) is 3.12. The molecule has 0 bridgehead atoms. The Morgan fingerprint density at radius 2 is 1.96 bits per heavy atom. The molecule has 2 aromatic heterocycles. The monoisotopic (exact) mass is 319 g/mol. The maximum atomic E-state index is 11.5. The predicted molar refractivity (Wildman–Crippen MR) is 93.0 cm³/mol. The van der Waals surface area contributed by atoms with Crippen molar-refractivity contribution < 1.29 is 0 Å². The maximum Gasteiger partial charge on any atom is 0.282 e. The molecule has 112 valence electrons. The van der Waals surface area contributed by atoms with Crippen LogP contribution in [-0.2, 0) is 0 Å².